The second kappa shape index (κ2) is 3.77. The van der Waals surface area contributed by atoms with Gasteiger partial charge < -0.3 is 9.32 Å². The Labute approximate surface area is 88.3 Å². The first-order valence-electron chi connectivity index (χ1n) is 4.71. The second-order valence-electron chi connectivity index (χ2n) is 3.56. The van der Waals surface area contributed by atoms with Gasteiger partial charge in [-0.1, -0.05) is 18.2 Å². The summed E-state index contributed by atoms with van der Waals surface area (Å²) in [6.45, 7) is 0. The van der Waals surface area contributed by atoms with E-state index >= 15 is 0 Å². The van der Waals surface area contributed by atoms with Crippen molar-refractivity contribution in [2.75, 3.05) is 14.1 Å². The minimum atomic E-state index is -0.0749. The lowest BCUT2D eigenvalue weighted by Gasteiger charge is -2.07. The number of nitrogens with zero attached hydrogens (tertiary/aromatic N) is 1. The summed E-state index contributed by atoms with van der Waals surface area (Å²) in [6, 6.07) is 9.54. The molecule has 0 spiro atoms. The van der Waals surface area contributed by atoms with Crippen LogP contribution in [0.5, 0.6) is 0 Å². The summed E-state index contributed by atoms with van der Waals surface area (Å²) >= 11 is 0. The summed E-state index contributed by atoms with van der Waals surface area (Å²) in [4.78, 5) is 12.9. The van der Waals surface area contributed by atoms with Crippen molar-refractivity contribution >= 4 is 16.9 Å². The first kappa shape index (κ1) is 9.77. The number of hydrogen-bond donors (Lipinski definition) is 0. The van der Waals surface area contributed by atoms with Crippen molar-refractivity contribution in [2.45, 2.75) is 0 Å². The number of likely N-dealkylation sites (N-methyl/N-ethyl adjacent to an activating group) is 1. The Morgan fingerprint density at radius 1 is 1.33 bits per heavy atom. The monoisotopic (exact) mass is 202 g/mol. The molecule has 0 saturated carbocycles. The fourth-order valence-corrected chi connectivity index (χ4v) is 1.32. The molecule has 0 bridgehead atoms. The molecule has 1 aromatic heterocycles. The Hall–Kier alpha value is -1.77. The molecule has 0 aliphatic rings. The molecule has 1 aromatic carbocycles. The number of furan rings is 1. The molecular weight excluding hydrogens is 190 g/mol. The maximum Gasteiger partial charge on any atom is 0.234 e. The highest BCUT2D eigenvalue weighted by Gasteiger charge is 2.10. The zero-order chi connectivity index (χ0) is 10.8. The van der Waals surface area contributed by atoms with Crippen LogP contribution in [-0.4, -0.2) is 24.9 Å². The van der Waals surface area contributed by atoms with E-state index in [1.54, 1.807) is 14.1 Å². The predicted octanol–water partition coefficient (Wildman–Crippen LogP) is 2.07. The molecule has 0 saturated heterocycles. The Kier molecular flexibility index (Phi) is 2.46. The molecule has 3 heteroatoms. The zero-order valence-electron chi connectivity index (χ0n) is 8.73. The minimum absolute atomic E-state index is 0.0749. The van der Waals surface area contributed by atoms with Crippen molar-refractivity contribution in [1.29, 1.82) is 0 Å². The number of para-hydroxylation sites is 1. The lowest BCUT2D eigenvalue weighted by molar-refractivity contribution is -0.124. The summed E-state index contributed by atoms with van der Waals surface area (Å²) in [6.07, 6.45) is 1.49. The maximum absolute atomic E-state index is 11.4. The predicted molar refractivity (Wildman–Crippen MR) is 58.3 cm³/mol. The first-order valence-corrected chi connectivity index (χ1v) is 4.71. The van der Waals surface area contributed by atoms with Gasteiger partial charge >= 0.3 is 0 Å². The molecule has 2 aromatic rings. The molecule has 0 unspecified atom stereocenters. The van der Waals surface area contributed by atoms with Gasteiger partial charge in [0, 0.05) is 19.5 Å². The molecule has 0 N–H and O–H groups in total. The normalized spacial score (nSPS) is 10.5. The van der Waals surface area contributed by atoms with Crippen molar-refractivity contribution in [3.8, 4) is 0 Å². The van der Waals surface area contributed by atoms with E-state index in [1.807, 2.05) is 30.3 Å². The molecule has 1 heterocycles. The minimum Gasteiger partial charge on any atom is -0.460 e. The van der Waals surface area contributed by atoms with E-state index < -0.39 is 0 Å². The van der Waals surface area contributed by atoms with Gasteiger partial charge in [-0.15, -0.1) is 0 Å². The van der Waals surface area contributed by atoms with E-state index in [0.29, 0.717) is 5.76 Å². The van der Waals surface area contributed by atoms with Crippen LogP contribution in [0, 0.1) is 6.42 Å². The lowest BCUT2D eigenvalue weighted by Crippen LogP contribution is -2.21. The topological polar surface area (TPSA) is 33.5 Å². The Balaban J connectivity index is 2.26. The fraction of sp³-hybridized carbons (Fsp3) is 0.167. The van der Waals surface area contributed by atoms with Gasteiger partial charge in [0.05, 0.1) is 0 Å². The Morgan fingerprint density at radius 2 is 2.07 bits per heavy atom. The number of fused-ring (bicyclic) bond motifs is 1. The molecule has 0 atom stereocenters. The van der Waals surface area contributed by atoms with Crippen molar-refractivity contribution in [2.24, 2.45) is 0 Å². The van der Waals surface area contributed by atoms with Gasteiger partial charge in [-0.3, -0.25) is 4.79 Å². The van der Waals surface area contributed by atoms with Gasteiger partial charge in [0.1, 0.15) is 17.8 Å². The van der Waals surface area contributed by atoms with Crippen LogP contribution in [0.15, 0.2) is 34.7 Å². The average Bonchev–Trinajstić information content (AvgIpc) is 2.59. The van der Waals surface area contributed by atoms with Gasteiger partial charge in [-0.05, 0) is 12.1 Å². The van der Waals surface area contributed by atoms with Crippen LogP contribution in [0.3, 0.4) is 0 Å². The smallest absolute Gasteiger partial charge is 0.234 e. The number of carbonyl (C=O) groups is 1. The van der Waals surface area contributed by atoms with Crippen LogP contribution in [0.1, 0.15) is 5.76 Å². The van der Waals surface area contributed by atoms with Gasteiger partial charge in [0.2, 0.25) is 5.91 Å². The van der Waals surface area contributed by atoms with Crippen molar-refractivity contribution in [3.05, 3.63) is 42.5 Å². The van der Waals surface area contributed by atoms with Gasteiger partial charge in [0.25, 0.3) is 0 Å². The largest absolute Gasteiger partial charge is 0.460 e. The van der Waals surface area contributed by atoms with E-state index in [2.05, 4.69) is 0 Å². The van der Waals surface area contributed by atoms with Crippen LogP contribution < -0.4 is 0 Å². The molecule has 2 rings (SSSR count). The SMILES string of the molecule is CN(C)C(=O)[CH]c1cc2ccccc2o1. The second-order valence-corrected chi connectivity index (χ2v) is 3.56. The van der Waals surface area contributed by atoms with Crippen LogP contribution in [0.4, 0.5) is 0 Å². The van der Waals surface area contributed by atoms with Gasteiger partial charge in [-0.25, -0.2) is 0 Å². The van der Waals surface area contributed by atoms with Crippen LogP contribution in [-0.2, 0) is 4.79 Å². The molecule has 0 aliphatic carbocycles. The fourth-order valence-electron chi connectivity index (χ4n) is 1.32. The highest BCUT2D eigenvalue weighted by atomic mass is 16.3. The van der Waals surface area contributed by atoms with Crippen LogP contribution in [0.25, 0.3) is 11.0 Å². The third-order valence-corrected chi connectivity index (χ3v) is 2.15. The molecule has 0 aliphatic heterocycles. The molecule has 1 amide bonds. The number of carbonyl (C=O) groups excluding carboxylic acids is 1. The zero-order valence-corrected chi connectivity index (χ0v) is 8.73. The number of hydrogen-bond acceptors (Lipinski definition) is 2. The molecule has 77 valence electrons. The van der Waals surface area contributed by atoms with E-state index in [4.69, 9.17) is 4.42 Å². The van der Waals surface area contributed by atoms with Crippen molar-refractivity contribution in [1.82, 2.24) is 4.90 Å². The summed E-state index contributed by atoms with van der Waals surface area (Å²) in [7, 11) is 3.42. The standard InChI is InChI=1S/C12H12NO2/c1-13(2)12(14)8-10-7-9-5-3-4-6-11(9)15-10/h3-8H,1-2H3. The molecular formula is C12H12NO2. The third kappa shape index (κ3) is 2.01. The van der Waals surface area contributed by atoms with E-state index in [-0.39, 0.29) is 5.91 Å². The Bertz CT molecular complexity index is 452. The van der Waals surface area contributed by atoms with E-state index in [9.17, 15) is 4.79 Å². The maximum atomic E-state index is 11.4. The summed E-state index contributed by atoms with van der Waals surface area (Å²) in [5.41, 5.74) is 0.801. The molecule has 3 nitrogen and oxygen atoms in total. The number of rotatable bonds is 2. The molecule has 15 heavy (non-hydrogen) atoms. The highest BCUT2D eigenvalue weighted by Crippen LogP contribution is 2.19. The summed E-state index contributed by atoms with van der Waals surface area (Å²) in [5.74, 6) is 0.518. The Morgan fingerprint density at radius 3 is 2.73 bits per heavy atom. The summed E-state index contributed by atoms with van der Waals surface area (Å²) < 4.78 is 5.49. The van der Waals surface area contributed by atoms with Crippen molar-refractivity contribution < 1.29 is 9.21 Å². The lowest BCUT2D eigenvalue weighted by atomic mass is 10.2. The van der Waals surface area contributed by atoms with Gasteiger partial charge in [-0.2, -0.15) is 0 Å². The highest BCUT2D eigenvalue weighted by molar-refractivity contribution is 5.89. The van der Waals surface area contributed by atoms with Gasteiger partial charge in [0.15, 0.2) is 0 Å². The molecule has 1 radical (unpaired) electrons. The first-order chi connectivity index (χ1) is 7.16. The van der Waals surface area contributed by atoms with Crippen LogP contribution >= 0.6 is 0 Å². The number of benzene rings is 1. The van der Waals surface area contributed by atoms with Crippen molar-refractivity contribution in [3.63, 3.8) is 0 Å². The summed E-state index contributed by atoms with van der Waals surface area (Å²) in [5, 5.41) is 1.01. The average molecular weight is 202 g/mol. The number of amides is 1. The quantitative estimate of drug-likeness (QED) is 0.747. The van der Waals surface area contributed by atoms with Crippen LogP contribution in [0.2, 0.25) is 0 Å². The van der Waals surface area contributed by atoms with E-state index in [0.717, 1.165) is 11.0 Å². The third-order valence-electron chi connectivity index (χ3n) is 2.15. The van der Waals surface area contributed by atoms with E-state index in [1.165, 1.54) is 11.3 Å². The molecule has 0 fully saturated rings.